The smallest absolute Gasteiger partial charge is 0.279 e. The summed E-state index contributed by atoms with van der Waals surface area (Å²) >= 11 is 12.1. The number of carbonyl (C=O) groups excluding carboxylic acids is 2. The molecule has 37 heavy (non-hydrogen) atoms. The molecule has 1 saturated heterocycles. The number of hydroxylamine groups is 1. The minimum Gasteiger partial charge on any atom is -0.486 e. The van der Waals surface area contributed by atoms with Crippen molar-refractivity contribution < 1.29 is 23.9 Å². The predicted octanol–water partition coefficient (Wildman–Crippen LogP) is 4.52. The van der Waals surface area contributed by atoms with Crippen LogP contribution in [0.5, 0.6) is 5.75 Å². The van der Waals surface area contributed by atoms with Gasteiger partial charge >= 0.3 is 0 Å². The summed E-state index contributed by atoms with van der Waals surface area (Å²) in [4.78, 5) is 30.0. The molecule has 3 aromatic rings. The second-order valence-electron chi connectivity index (χ2n) is 8.86. The number of benzene rings is 2. The Labute approximate surface area is 224 Å². The number of hydrogen-bond donors (Lipinski definition) is 2. The first kappa shape index (κ1) is 26.9. The van der Waals surface area contributed by atoms with E-state index in [2.05, 4.69) is 4.90 Å². The fraction of sp³-hybridized carbons (Fsp3) is 0.308. The van der Waals surface area contributed by atoms with Gasteiger partial charge in [-0.05, 0) is 41.8 Å². The highest BCUT2D eigenvalue weighted by Gasteiger charge is 2.30. The van der Waals surface area contributed by atoms with Crippen molar-refractivity contribution in [1.29, 1.82) is 0 Å². The summed E-state index contributed by atoms with van der Waals surface area (Å²) in [7, 11) is 1.64. The fourth-order valence-electron chi connectivity index (χ4n) is 4.34. The van der Waals surface area contributed by atoms with Crippen molar-refractivity contribution in [3.05, 3.63) is 86.9 Å². The maximum Gasteiger partial charge on any atom is 0.279 e. The molecule has 0 saturated carbocycles. The Bertz CT molecular complexity index is 1280. The van der Waals surface area contributed by atoms with Gasteiger partial charge in [-0.25, -0.2) is 9.87 Å². The number of aromatic nitrogens is 1. The molecule has 0 spiro atoms. The zero-order chi connectivity index (χ0) is 26.5. The SMILES string of the molecule is Cn1cc(C(=O)NO)c(OCc2ccc(Cl)c(Cl)c2)c1C(=O)N1CCCN(Cc2ccc(F)cc2)CC1. The second-order valence-corrected chi connectivity index (χ2v) is 9.67. The minimum absolute atomic E-state index is 0.0261. The van der Waals surface area contributed by atoms with Gasteiger partial charge in [0, 0.05) is 46.0 Å². The van der Waals surface area contributed by atoms with Crippen LogP contribution in [-0.4, -0.2) is 57.6 Å². The molecule has 2 amide bonds. The number of halogens is 3. The van der Waals surface area contributed by atoms with Gasteiger partial charge in [0.05, 0.1) is 10.0 Å². The van der Waals surface area contributed by atoms with Crippen LogP contribution in [0.3, 0.4) is 0 Å². The van der Waals surface area contributed by atoms with E-state index in [0.717, 1.165) is 18.5 Å². The summed E-state index contributed by atoms with van der Waals surface area (Å²) in [6.45, 7) is 3.10. The highest BCUT2D eigenvalue weighted by atomic mass is 35.5. The van der Waals surface area contributed by atoms with E-state index in [0.29, 0.717) is 41.8 Å². The number of aryl methyl sites for hydroxylation is 1. The van der Waals surface area contributed by atoms with Gasteiger partial charge in [0.15, 0.2) is 5.75 Å². The van der Waals surface area contributed by atoms with E-state index in [1.165, 1.54) is 22.9 Å². The van der Waals surface area contributed by atoms with Crippen LogP contribution in [0.4, 0.5) is 4.39 Å². The summed E-state index contributed by atoms with van der Waals surface area (Å²) in [5, 5.41) is 9.99. The molecule has 1 aliphatic heterocycles. The molecule has 196 valence electrons. The molecule has 4 rings (SSSR count). The van der Waals surface area contributed by atoms with Gasteiger partial charge < -0.3 is 14.2 Å². The van der Waals surface area contributed by atoms with Crippen LogP contribution < -0.4 is 10.2 Å². The van der Waals surface area contributed by atoms with Gasteiger partial charge in [-0.1, -0.05) is 41.4 Å². The first-order valence-electron chi connectivity index (χ1n) is 11.7. The Kier molecular flexibility index (Phi) is 8.71. The minimum atomic E-state index is -0.792. The van der Waals surface area contributed by atoms with Crippen LogP contribution in [0.1, 0.15) is 38.4 Å². The third kappa shape index (κ3) is 6.42. The molecule has 1 aromatic heterocycles. The number of nitrogens with zero attached hydrogens (tertiary/aromatic N) is 3. The van der Waals surface area contributed by atoms with E-state index in [1.54, 1.807) is 47.8 Å². The van der Waals surface area contributed by atoms with Crippen LogP contribution in [0.2, 0.25) is 10.0 Å². The molecule has 1 aliphatic rings. The molecule has 8 nitrogen and oxygen atoms in total. The summed E-state index contributed by atoms with van der Waals surface area (Å²) in [5.74, 6) is -1.28. The third-order valence-electron chi connectivity index (χ3n) is 6.25. The molecule has 0 unspecified atom stereocenters. The van der Waals surface area contributed by atoms with Crippen LogP contribution >= 0.6 is 23.2 Å². The van der Waals surface area contributed by atoms with E-state index in [4.69, 9.17) is 27.9 Å². The number of hydrogen-bond acceptors (Lipinski definition) is 5. The van der Waals surface area contributed by atoms with Gasteiger partial charge in [0.2, 0.25) is 0 Å². The lowest BCUT2D eigenvalue weighted by molar-refractivity contribution is 0.0702. The van der Waals surface area contributed by atoms with Gasteiger partial charge in [0.25, 0.3) is 11.8 Å². The standard InChI is InChI=1S/C26H27Cl2FN4O4/c1-31-15-20(25(34)30-36)24(37-16-18-5-8-21(27)22(28)13-18)23(31)26(35)33-10-2-9-32(11-12-33)14-17-3-6-19(29)7-4-17/h3-8,13,15,36H,2,9-12,14,16H2,1H3,(H,30,34). The Morgan fingerprint density at radius 3 is 2.46 bits per heavy atom. The maximum atomic E-state index is 13.7. The van der Waals surface area contributed by atoms with Crippen molar-refractivity contribution in [2.75, 3.05) is 26.2 Å². The zero-order valence-corrected chi connectivity index (χ0v) is 21.7. The Morgan fingerprint density at radius 1 is 1.03 bits per heavy atom. The molecule has 2 aromatic carbocycles. The Morgan fingerprint density at radius 2 is 1.76 bits per heavy atom. The molecule has 0 atom stereocenters. The fourth-order valence-corrected chi connectivity index (χ4v) is 4.66. The van der Waals surface area contributed by atoms with E-state index in [1.807, 2.05) is 0 Å². The predicted molar refractivity (Wildman–Crippen MR) is 138 cm³/mol. The number of nitrogens with one attached hydrogen (secondary N) is 1. The van der Waals surface area contributed by atoms with Gasteiger partial charge in [0.1, 0.15) is 23.7 Å². The van der Waals surface area contributed by atoms with Crippen molar-refractivity contribution in [2.24, 2.45) is 7.05 Å². The first-order valence-corrected chi connectivity index (χ1v) is 12.5. The van der Waals surface area contributed by atoms with E-state index >= 15 is 0 Å². The molecule has 0 aliphatic carbocycles. The van der Waals surface area contributed by atoms with Gasteiger partial charge in [-0.2, -0.15) is 0 Å². The van der Waals surface area contributed by atoms with Crippen molar-refractivity contribution in [1.82, 2.24) is 19.8 Å². The van der Waals surface area contributed by atoms with Crippen LogP contribution in [-0.2, 0) is 20.2 Å². The van der Waals surface area contributed by atoms with Crippen LogP contribution in [0.25, 0.3) is 0 Å². The topological polar surface area (TPSA) is 87.0 Å². The van der Waals surface area contributed by atoms with Crippen LogP contribution in [0.15, 0.2) is 48.7 Å². The van der Waals surface area contributed by atoms with Gasteiger partial charge in [-0.3, -0.25) is 19.7 Å². The normalized spacial score (nSPS) is 14.4. The molecule has 11 heteroatoms. The summed E-state index contributed by atoms with van der Waals surface area (Å²) in [6, 6.07) is 11.4. The number of ether oxygens (including phenoxy) is 1. The molecular formula is C26H27Cl2FN4O4. The van der Waals surface area contributed by atoms with Crippen molar-refractivity contribution in [2.45, 2.75) is 19.6 Å². The third-order valence-corrected chi connectivity index (χ3v) is 6.99. The lowest BCUT2D eigenvalue weighted by atomic mass is 10.2. The van der Waals surface area contributed by atoms with Crippen LogP contribution in [0, 0.1) is 5.82 Å². The molecule has 0 radical (unpaired) electrons. The molecular weight excluding hydrogens is 522 g/mol. The van der Waals surface area contributed by atoms with E-state index < -0.39 is 5.91 Å². The zero-order valence-electron chi connectivity index (χ0n) is 20.2. The molecule has 1 fully saturated rings. The van der Waals surface area contributed by atoms with E-state index in [-0.39, 0.29) is 35.3 Å². The maximum absolute atomic E-state index is 13.7. The lowest BCUT2D eigenvalue weighted by Gasteiger charge is -2.23. The second kappa shape index (κ2) is 12.0. The Balaban J connectivity index is 1.52. The van der Waals surface area contributed by atoms with Crippen molar-refractivity contribution >= 4 is 35.0 Å². The molecule has 0 bridgehead atoms. The van der Waals surface area contributed by atoms with E-state index in [9.17, 15) is 19.2 Å². The largest absolute Gasteiger partial charge is 0.486 e. The number of carbonyl (C=O) groups is 2. The molecule has 2 N–H and O–H groups in total. The average Bonchev–Trinajstić information content (AvgIpc) is 3.05. The Hall–Kier alpha value is -3.11. The highest BCUT2D eigenvalue weighted by molar-refractivity contribution is 6.42. The average molecular weight is 549 g/mol. The summed E-state index contributed by atoms with van der Waals surface area (Å²) in [5.41, 5.74) is 3.53. The molecule has 2 heterocycles. The van der Waals surface area contributed by atoms with Gasteiger partial charge in [-0.15, -0.1) is 0 Å². The summed E-state index contributed by atoms with van der Waals surface area (Å²) in [6.07, 6.45) is 2.20. The highest BCUT2D eigenvalue weighted by Crippen LogP contribution is 2.30. The number of rotatable bonds is 7. The van der Waals surface area contributed by atoms with Crippen molar-refractivity contribution in [3.8, 4) is 5.75 Å². The monoisotopic (exact) mass is 548 g/mol. The quantitative estimate of drug-likeness (QED) is 0.335. The summed E-state index contributed by atoms with van der Waals surface area (Å²) < 4.78 is 20.7. The number of amides is 2. The first-order chi connectivity index (χ1) is 17.8. The van der Waals surface area contributed by atoms with Crippen molar-refractivity contribution in [3.63, 3.8) is 0 Å². The lowest BCUT2D eigenvalue weighted by Crippen LogP contribution is -2.36.